The number of rotatable bonds is 5. The molecule has 1 aromatic rings. The van der Waals surface area contributed by atoms with Crippen molar-refractivity contribution in [1.82, 2.24) is 15.5 Å². The highest BCUT2D eigenvalue weighted by Crippen LogP contribution is 2.25. The van der Waals surface area contributed by atoms with Gasteiger partial charge in [-0.05, 0) is 19.8 Å². The molecule has 0 saturated heterocycles. The molecule has 0 aromatic carbocycles. The summed E-state index contributed by atoms with van der Waals surface area (Å²) in [7, 11) is 0. The molecule has 1 aromatic heterocycles. The molecular formula is C11H16N4OS2. The van der Waals surface area contributed by atoms with E-state index in [0.717, 1.165) is 4.34 Å². The van der Waals surface area contributed by atoms with E-state index in [1.165, 1.54) is 23.1 Å². The van der Waals surface area contributed by atoms with E-state index in [1.807, 2.05) is 13.8 Å². The number of nitrogens with one attached hydrogen (secondary N) is 1. The van der Waals surface area contributed by atoms with E-state index in [2.05, 4.69) is 21.6 Å². The molecule has 0 bridgehead atoms. The van der Waals surface area contributed by atoms with Gasteiger partial charge in [-0.25, -0.2) is 0 Å². The fraction of sp³-hybridized carbons (Fsp3) is 0.636. The van der Waals surface area contributed by atoms with Gasteiger partial charge in [-0.1, -0.05) is 36.9 Å². The molecule has 1 amide bonds. The average Bonchev–Trinajstić information content (AvgIpc) is 2.81. The lowest BCUT2D eigenvalue weighted by atomic mass is 9.90. The zero-order valence-corrected chi connectivity index (χ0v) is 12.4. The average molecular weight is 284 g/mol. The zero-order valence-electron chi connectivity index (χ0n) is 10.8. The first-order valence-electron chi connectivity index (χ1n) is 5.55. The molecule has 1 N–H and O–H groups in total. The molecule has 0 fully saturated rings. The van der Waals surface area contributed by atoms with E-state index < -0.39 is 5.54 Å². The normalized spacial score (nSPS) is 15.8. The van der Waals surface area contributed by atoms with Crippen LogP contribution in [0.2, 0.25) is 0 Å². The Morgan fingerprint density at radius 2 is 2.28 bits per heavy atom. The van der Waals surface area contributed by atoms with Gasteiger partial charge in [0.1, 0.15) is 11.0 Å². The summed E-state index contributed by atoms with van der Waals surface area (Å²) in [4.78, 5) is 12.0. The molecule has 7 heteroatoms. The molecule has 5 nitrogen and oxygen atoms in total. The summed E-state index contributed by atoms with van der Waals surface area (Å²) in [5.74, 6) is -0.113. The Kier molecular flexibility index (Phi) is 5.11. The maximum Gasteiger partial charge on any atom is 0.234 e. The summed E-state index contributed by atoms with van der Waals surface area (Å²) in [6.07, 6.45) is 0. The lowest BCUT2D eigenvalue weighted by molar-refractivity contribution is -0.121. The van der Waals surface area contributed by atoms with Crippen molar-refractivity contribution in [2.45, 2.75) is 42.8 Å². The van der Waals surface area contributed by atoms with Crippen LogP contribution in [0, 0.1) is 17.2 Å². The minimum atomic E-state index is -0.840. The van der Waals surface area contributed by atoms with Crippen molar-refractivity contribution in [2.75, 3.05) is 0 Å². The lowest BCUT2D eigenvalue weighted by Crippen LogP contribution is -2.51. The van der Waals surface area contributed by atoms with E-state index in [-0.39, 0.29) is 17.1 Å². The second-order valence-electron chi connectivity index (χ2n) is 4.42. The molecule has 0 unspecified atom stereocenters. The molecule has 0 aliphatic carbocycles. The number of aromatic nitrogens is 2. The molecular weight excluding hydrogens is 268 g/mol. The predicted molar refractivity (Wildman–Crippen MR) is 72.2 cm³/mol. The van der Waals surface area contributed by atoms with Gasteiger partial charge in [0, 0.05) is 0 Å². The largest absolute Gasteiger partial charge is 0.337 e. The quantitative estimate of drug-likeness (QED) is 0.837. The number of amides is 1. The van der Waals surface area contributed by atoms with Gasteiger partial charge >= 0.3 is 0 Å². The predicted octanol–water partition coefficient (Wildman–Crippen LogP) is 2.07. The molecule has 0 aliphatic rings. The highest BCUT2D eigenvalue weighted by atomic mass is 32.2. The number of hydrogen-bond acceptors (Lipinski definition) is 6. The molecule has 0 radical (unpaired) electrons. The van der Waals surface area contributed by atoms with Crippen LogP contribution in [0.4, 0.5) is 0 Å². The maximum absolute atomic E-state index is 12.0. The van der Waals surface area contributed by atoms with E-state index in [4.69, 9.17) is 5.26 Å². The Bertz CT molecular complexity index is 440. The molecule has 2 atom stereocenters. The smallest absolute Gasteiger partial charge is 0.234 e. The van der Waals surface area contributed by atoms with Crippen LogP contribution in [0.15, 0.2) is 9.85 Å². The SMILES string of the molecule is CC(C)[C@@](C)(C#N)NC(=O)[C@@H](C)Sc1nncs1. The van der Waals surface area contributed by atoms with Gasteiger partial charge in [-0.3, -0.25) is 4.79 Å². The van der Waals surface area contributed by atoms with Crippen LogP contribution in [-0.2, 0) is 4.79 Å². The van der Waals surface area contributed by atoms with Gasteiger partial charge < -0.3 is 5.32 Å². The van der Waals surface area contributed by atoms with Crippen LogP contribution in [0.1, 0.15) is 27.7 Å². The van der Waals surface area contributed by atoms with Gasteiger partial charge in [0.15, 0.2) is 4.34 Å². The minimum absolute atomic E-state index is 0.0465. The van der Waals surface area contributed by atoms with Crippen molar-refractivity contribution in [1.29, 1.82) is 5.26 Å². The molecule has 98 valence electrons. The second-order valence-corrected chi connectivity index (χ2v) is 6.84. The Morgan fingerprint density at radius 1 is 1.61 bits per heavy atom. The van der Waals surface area contributed by atoms with E-state index in [0.29, 0.717) is 0 Å². The second kappa shape index (κ2) is 6.16. The van der Waals surface area contributed by atoms with Crippen LogP contribution in [0.3, 0.4) is 0 Å². The third-order valence-corrected chi connectivity index (χ3v) is 4.67. The number of hydrogen-bond donors (Lipinski definition) is 1. The van der Waals surface area contributed by atoms with E-state index in [9.17, 15) is 4.79 Å². The van der Waals surface area contributed by atoms with E-state index >= 15 is 0 Å². The molecule has 1 heterocycles. The van der Waals surface area contributed by atoms with Crippen LogP contribution < -0.4 is 5.32 Å². The number of nitrogens with zero attached hydrogens (tertiary/aromatic N) is 3. The van der Waals surface area contributed by atoms with Crippen molar-refractivity contribution >= 4 is 29.0 Å². The Labute approximate surface area is 115 Å². The van der Waals surface area contributed by atoms with Gasteiger partial charge in [0.2, 0.25) is 5.91 Å². The monoisotopic (exact) mass is 284 g/mol. The van der Waals surface area contributed by atoms with Crippen LogP contribution in [-0.4, -0.2) is 26.9 Å². The Morgan fingerprint density at radius 3 is 2.72 bits per heavy atom. The van der Waals surface area contributed by atoms with Gasteiger partial charge in [0.05, 0.1) is 11.3 Å². The summed E-state index contributed by atoms with van der Waals surface area (Å²) in [6, 6.07) is 2.16. The third-order valence-electron chi connectivity index (χ3n) is 2.76. The molecule has 18 heavy (non-hydrogen) atoms. The van der Waals surface area contributed by atoms with Gasteiger partial charge in [-0.2, -0.15) is 5.26 Å². The van der Waals surface area contributed by atoms with Crippen LogP contribution in [0.25, 0.3) is 0 Å². The standard InChI is InChI=1S/C11H16N4OS2/c1-7(2)11(4,5-12)14-9(16)8(3)18-10-15-13-6-17-10/h6-8H,1-4H3,(H,14,16)/t8-,11-/m1/s1. The summed E-state index contributed by atoms with van der Waals surface area (Å²) < 4.78 is 0.751. The minimum Gasteiger partial charge on any atom is -0.337 e. The van der Waals surface area contributed by atoms with Crippen molar-refractivity contribution in [3.05, 3.63) is 5.51 Å². The van der Waals surface area contributed by atoms with E-state index in [1.54, 1.807) is 19.4 Å². The van der Waals surface area contributed by atoms with Crippen molar-refractivity contribution in [3.63, 3.8) is 0 Å². The number of nitriles is 1. The summed E-state index contributed by atoms with van der Waals surface area (Å²) in [6.45, 7) is 7.34. The van der Waals surface area contributed by atoms with Gasteiger partial charge in [0.25, 0.3) is 0 Å². The first-order chi connectivity index (χ1) is 8.39. The summed E-state index contributed by atoms with van der Waals surface area (Å²) in [5.41, 5.74) is 0.785. The highest BCUT2D eigenvalue weighted by molar-refractivity contribution is 8.02. The summed E-state index contributed by atoms with van der Waals surface area (Å²) in [5, 5.41) is 19.2. The Hall–Kier alpha value is -1.13. The molecule has 0 aliphatic heterocycles. The van der Waals surface area contributed by atoms with Crippen molar-refractivity contribution in [3.8, 4) is 6.07 Å². The van der Waals surface area contributed by atoms with Crippen LogP contribution in [0.5, 0.6) is 0 Å². The van der Waals surface area contributed by atoms with Crippen molar-refractivity contribution in [2.24, 2.45) is 5.92 Å². The third kappa shape index (κ3) is 3.68. The lowest BCUT2D eigenvalue weighted by Gasteiger charge is -2.28. The van der Waals surface area contributed by atoms with Crippen molar-refractivity contribution < 1.29 is 4.79 Å². The summed E-state index contributed by atoms with van der Waals surface area (Å²) >= 11 is 2.74. The molecule has 0 saturated carbocycles. The van der Waals surface area contributed by atoms with Gasteiger partial charge in [-0.15, -0.1) is 10.2 Å². The fourth-order valence-corrected chi connectivity index (χ4v) is 2.70. The number of carbonyl (C=O) groups excluding carboxylic acids is 1. The van der Waals surface area contributed by atoms with Crippen LogP contribution >= 0.6 is 23.1 Å². The maximum atomic E-state index is 12.0. The first-order valence-corrected chi connectivity index (χ1v) is 7.31. The molecule has 1 rings (SSSR count). The molecule has 0 spiro atoms. The highest BCUT2D eigenvalue weighted by Gasteiger charge is 2.31. The zero-order chi connectivity index (χ0) is 13.8. The topological polar surface area (TPSA) is 78.7 Å². The fourth-order valence-electron chi connectivity index (χ4n) is 1.08. The number of thioether (sulfide) groups is 1. The Balaban J connectivity index is 2.63. The first kappa shape index (κ1) is 14.9. The number of carbonyl (C=O) groups is 1.